The molecule has 1 radical (unpaired) electrons. The zero-order valence-corrected chi connectivity index (χ0v) is 16.9. The van der Waals surface area contributed by atoms with Crippen LogP contribution in [0.1, 0.15) is 23.2 Å². The molecule has 153 valence electrons. The predicted molar refractivity (Wildman–Crippen MR) is 111 cm³/mol. The number of aromatic nitrogens is 1. The average Bonchev–Trinajstić information content (AvgIpc) is 2.73. The summed E-state index contributed by atoms with van der Waals surface area (Å²) in [6.07, 6.45) is 2.29. The van der Waals surface area contributed by atoms with Crippen LogP contribution in [0.5, 0.6) is 0 Å². The van der Waals surface area contributed by atoms with Gasteiger partial charge >= 0.3 is 6.03 Å². The molecule has 0 bridgehead atoms. The van der Waals surface area contributed by atoms with E-state index in [1.54, 1.807) is 13.3 Å². The van der Waals surface area contributed by atoms with Gasteiger partial charge in [-0.1, -0.05) is 12.1 Å². The molecule has 2 heterocycles. The van der Waals surface area contributed by atoms with Gasteiger partial charge in [0.2, 0.25) is 5.91 Å². The lowest BCUT2D eigenvalue weighted by Gasteiger charge is -2.35. The van der Waals surface area contributed by atoms with Crippen LogP contribution >= 0.6 is 0 Å². The maximum atomic E-state index is 12.4. The van der Waals surface area contributed by atoms with Crippen molar-refractivity contribution in [2.24, 2.45) is 0 Å². The molecular weight excluding hydrogens is 370 g/mol. The van der Waals surface area contributed by atoms with Crippen LogP contribution in [0.3, 0.4) is 0 Å². The first-order chi connectivity index (χ1) is 14.0. The number of nitrogens with one attached hydrogen (secondary N) is 2. The number of benzene rings is 1. The van der Waals surface area contributed by atoms with E-state index in [9.17, 15) is 9.59 Å². The Morgan fingerprint density at radius 1 is 1.28 bits per heavy atom. The molecule has 29 heavy (non-hydrogen) atoms. The number of pyridine rings is 1. The van der Waals surface area contributed by atoms with Crippen molar-refractivity contribution < 1.29 is 14.3 Å². The van der Waals surface area contributed by atoms with E-state index in [0.717, 1.165) is 35.5 Å². The van der Waals surface area contributed by atoms with Gasteiger partial charge in [0.15, 0.2) is 0 Å². The van der Waals surface area contributed by atoms with Crippen LogP contribution in [0.25, 0.3) is 0 Å². The van der Waals surface area contributed by atoms with Crippen molar-refractivity contribution in [1.82, 2.24) is 15.2 Å². The number of hydrogen-bond donors (Lipinski definition) is 2. The summed E-state index contributed by atoms with van der Waals surface area (Å²) in [6, 6.07) is 9.20. The molecule has 3 amide bonds. The topological polar surface area (TPSA) is 97.7 Å². The summed E-state index contributed by atoms with van der Waals surface area (Å²) in [5.74, 6) is -0.180. The number of aryl methyl sites for hydroxylation is 1. The smallest absolute Gasteiger partial charge is 0.323 e. The summed E-state index contributed by atoms with van der Waals surface area (Å²) in [5.41, 5.74) is 4.52. The zero-order valence-electron chi connectivity index (χ0n) is 16.9. The summed E-state index contributed by atoms with van der Waals surface area (Å²) in [7, 11) is 3.10. The Morgan fingerprint density at radius 3 is 2.79 bits per heavy atom. The molecule has 1 atom stereocenters. The SMILES string of the molecule is C[N]C(=O)CC(OC)N1CCc2c(cccc2NC(=O)Nc2ccc(C)nc2)C1. The van der Waals surface area contributed by atoms with Crippen molar-refractivity contribution in [3.05, 3.63) is 53.3 Å². The molecule has 0 aliphatic carbocycles. The fraction of sp³-hybridized carbons (Fsp3) is 0.381. The lowest BCUT2D eigenvalue weighted by Crippen LogP contribution is -2.42. The molecule has 0 saturated carbocycles. The molecule has 0 spiro atoms. The minimum Gasteiger partial charge on any atom is -0.366 e. The van der Waals surface area contributed by atoms with E-state index in [2.05, 4.69) is 25.8 Å². The highest BCUT2D eigenvalue weighted by atomic mass is 16.5. The molecule has 1 unspecified atom stereocenters. The summed E-state index contributed by atoms with van der Waals surface area (Å²) in [5, 5.41) is 9.43. The van der Waals surface area contributed by atoms with E-state index in [4.69, 9.17) is 4.74 Å². The monoisotopic (exact) mass is 396 g/mol. The Hall–Kier alpha value is -2.97. The van der Waals surface area contributed by atoms with Gasteiger partial charge in [0.1, 0.15) is 6.23 Å². The van der Waals surface area contributed by atoms with Gasteiger partial charge in [-0.15, -0.1) is 0 Å². The summed E-state index contributed by atoms with van der Waals surface area (Å²) in [6.45, 7) is 3.26. The molecule has 8 nitrogen and oxygen atoms in total. The second-order valence-electron chi connectivity index (χ2n) is 6.94. The normalized spacial score (nSPS) is 14.6. The van der Waals surface area contributed by atoms with Crippen LogP contribution in [0.15, 0.2) is 36.5 Å². The van der Waals surface area contributed by atoms with E-state index in [1.165, 1.54) is 7.05 Å². The highest BCUT2D eigenvalue weighted by Crippen LogP contribution is 2.28. The molecule has 1 aromatic carbocycles. The molecule has 0 saturated heterocycles. The van der Waals surface area contributed by atoms with Gasteiger partial charge in [0.25, 0.3) is 0 Å². The lowest BCUT2D eigenvalue weighted by molar-refractivity contribution is -0.128. The molecule has 1 aromatic heterocycles. The number of urea groups is 1. The summed E-state index contributed by atoms with van der Waals surface area (Å²) >= 11 is 0. The predicted octanol–water partition coefficient (Wildman–Crippen LogP) is 2.52. The van der Waals surface area contributed by atoms with Gasteiger partial charge in [-0.3, -0.25) is 20.0 Å². The van der Waals surface area contributed by atoms with E-state index >= 15 is 0 Å². The van der Waals surface area contributed by atoms with Crippen LogP contribution in [0, 0.1) is 6.92 Å². The number of rotatable bonds is 6. The molecule has 2 N–H and O–H groups in total. The van der Waals surface area contributed by atoms with Gasteiger partial charge in [-0.05, 0) is 42.7 Å². The van der Waals surface area contributed by atoms with Crippen molar-refractivity contribution in [2.45, 2.75) is 32.5 Å². The first-order valence-electron chi connectivity index (χ1n) is 9.51. The third-order valence-corrected chi connectivity index (χ3v) is 4.99. The molecule has 3 rings (SSSR count). The number of nitrogens with zero attached hydrogens (tertiary/aromatic N) is 3. The Kier molecular flexibility index (Phi) is 6.79. The molecule has 1 aliphatic rings. The first-order valence-corrected chi connectivity index (χ1v) is 9.51. The fourth-order valence-electron chi connectivity index (χ4n) is 3.42. The maximum Gasteiger partial charge on any atom is 0.323 e. The van der Waals surface area contributed by atoms with Crippen LogP contribution < -0.4 is 16.0 Å². The van der Waals surface area contributed by atoms with Crippen LogP contribution in [0.4, 0.5) is 16.2 Å². The van der Waals surface area contributed by atoms with Gasteiger partial charge in [0, 0.05) is 38.6 Å². The van der Waals surface area contributed by atoms with E-state index in [-0.39, 0.29) is 24.6 Å². The number of carbonyl (C=O) groups excluding carboxylic acids is 2. The fourth-order valence-corrected chi connectivity index (χ4v) is 3.42. The third kappa shape index (κ3) is 5.30. The number of fused-ring (bicyclic) bond motifs is 1. The van der Waals surface area contributed by atoms with Crippen molar-refractivity contribution in [3.8, 4) is 0 Å². The number of carbonyl (C=O) groups is 2. The Morgan fingerprint density at radius 2 is 2.10 bits per heavy atom. The van der Waals surface area contributed by atoms with Crippen molar-refractivity contribution in [3.63, 3.8) is 0 Å². The average molecular weight is 396 g/mol. The van der Waals surface area contributed by atoms with Gasteiger partial charge < -0.3 is 15.4 Å². The number of ether oxygens (including phenoxy) is 1. The number of methoxy groups -OCH3 is 1. The Labute approximate surface area is 170 Å². The minimum atomic E-state index is -0.312. The Bertz CT molecular complexity index is 869. The van der Waals surface area contributed by atoms with E-state index in [1.807, 2.05) is 37.3 Å². The summed E-state index contributed by atoms with van der Waals surface area (Å²) < 4.78 is 5.51. The Balaban J connectivity index is 1.67. The zero-order chi connectivity index (χ0) is 20.8. The standard InChI is InChI=1S/C21H26N5O3/c1-14-7-8-16(12-23-14)24-21(28)25-18-6-4-5-15-13-26(10-9-17(15)18)20(29-3)11-19(27)22-2/h4-8,12,20H,9-11,13H2,1-3H3,(H2,24,25,28). The van der Waals surface area contributed by atoms with Gasteiger partial charge in [-0.2, -0.15) is 0 Å². The molecule has 8 heteroatoms. The van der Waals surface area contributed by atoms with Crippen LogP contribution in [-0.2, 0) is 22.5 Å². The molecule has 1 aliphatic heterocycles. The number of amides is 3. The largest absolute Gasteiger partial charge is 0.366 e. The quantitative estimate of drug-likeness (QED) is 0.782. The lowest BCUT2D eigenvalue weighted by atomic mass is 9.97. The third-order valence-electron chi connectivity index (χ3n) is 4.99. The highest BCUT2D eigenvalue weighted by molar-refractivity contribution is 6.00. The highest BCUT2D eigenvalue weighted by Gasteiger charge is 2.26. The first kappa shape index (κ1) is 20.8. The minimum absolute atomic E-state index is 0.180. The van der Waals surface area contributed by atoms with E-state index < -0.39 is 0 Å². The maximum absolute atomic E-state index is 12.4. The summed E-state index contributed by atoms with van der Waals surface area (Å²) in [4.78, 5) is 30.4. The molecular formula is C21H26N5O3. The van der Waals surface area contributed by atoms with Crippen molar-refractivity contribution >= 4 is 23.3 Å². The number of hydrogen-bond acceptors (Lipinski definition) is 5. The molecule has 0 fully saturated rings. The second-order valence-corrected chi connectivity index (χ2v) is 6.94. The van der Waals surface area contributed by atoms with Crippen LogP contribution in [0.2, 0.25) is 0 Å². The number of anilines is 2. The van der Waals surface area contributed by atoms with Crippen molar-refractivity contribution in [1.29, 1.82) is 0 Å². The van der Waals surface area contributed by atoms with Gasteiger partial charge in [0.05, 0.1) is 18.3 Å². The molecule has 2 aromatic rings. The van der Waals surface area contributed by atoms with Crippen LogP contribution in [-0.4, -0.2) is 48.8 Å². The van der Waals surface area contributed by atoms with E-state index in [0.29, 0.717) is 12.2 Å². The second kappa shape index (κ2) is 9.49. The van der Waals surface area contributed by atoms with Crippen molar-refractivity contribution in [2.75, 3.05) is 31.3 Å². The van der Waals surface area contributed by atoms with Gasteiger partial charge in [-0.25, -0.2) is 4.79 Å².